The molecule has 0 bridgehead atoms. The highest BCUT2D eigenvalue weighted by Gasteiger charge is 1.80. The first-order valence-corrected chi connectivity index (χ1v) is 3.82. The van der Waals surface area contributed by atoms with Gasteiger partial charge in [-0.2, -0.15) is 9.59 Å². The Labute approximate surface area is 68.1 Å². The number of hydrogen-bond donors (Lipinski definition) is 0. The van der Waals surface area contributed by atoms with Crippen LogP contribution >= 0.6 is 0 Å². The molecule has 0 saturated carbocycles. The molecule has 0 rings (SSSR count). The third-order valence-electron chi connectivity index (χ3n) is 1.21. The second-order valence-corrected chi connectivity index (χ2v) is 2.14. The summed E-state index contributed by atoms with van der Waals surface area (Å²) in [5.74, 6) is 0. The molecule has 0 aliphatic heterocycles. The van der Waals surface area contributed by atoms with Crippen molar-refractivity contribution in [2.45, 2.75) is 46.0 Å². The Hall–Kier alpha value is -0.660. The van der Waals surface area contributed by atoms with Crippen LogP contribution in [-0.2, 0) is 9.59 Å². The van der Waals surface area contributed by atoms with E-state index in [1.165, 1.54) is 32.1 Å². The molecule has 0 atom stereocenters. The lowest BCUT2D eigenvalue weighted by molar-refractivity contribution is -0.191. The van der Waals surface area contributed by atoms with E-state index >= 15 is 0 Å². The molecule has 0 fully saturated rings. The standard InChI is InChI=1S/C7H16.CO2.H2O/c1-3-5-7-6-4-2;2-1-3;/h3-7H2,1-2H3;;1H2. The van der Waals surface area contributed by atoms with Crippen LogP contribution in [0.4, 0.5) is 0 Å². The van der Waals surface area contributed by atoms with Crippen LogP contribution in [0.5, 0.6) is 0 Å². The molecule has 3 nitrogen and oxygen atoms in total. The monoisotopic (exact) mass is 162 g/mol. The largest absolute Gasteiger partial charge is 0.412 e. The molecule has 0 aromatic carbocycles. The predicted molar refractivity (Wildman–Crippen MR) is 43.1 cm³/mol. The van der Waals surface area contributed by atoms with E-state index in [0.29, 0.717) is 0 Å². The van der Waals surface area contributed by atoms with Crippen LogP contribution in [0.1, 0.15) is 46.0 Å². The van der Waals surface area contributed by atoms with Gasteiger partial charge in [0.15, 0.2) is 0 Å². The predicted octanol–water partition coefficient (Wildman–Crippen LogP) is 1.57. The molecule has 3 heteroatoms. The minimum atomic E-state index is 0. The number of unbranched alkanes of at least 4 members (excludes halogenated alkanes) is 4. The van der Waals surface area contributed by atoms with E-state index < -0.39 is 0 Å². The molecule has 2 N–H and O–H groups in total. The molecule has 0 saturated heterocycles. The van der Waals surface area contributed by atoms with Crippen molar-refractivity contribution in [2.24, 2.45) is 0 Å². The molecular weight excluding hydrogens is 144 g/mol. The molecule has 11 heavy (non-hydrogen) atoms. The van der Waals surface area contributed by atoms with Crippen LogP contribution < -0.4 is 0 Å². The van der Waals surface area contributed by atoms with Gasteiger partial charge < -0.3 is 5.48 Å². The summed E-state index contributed by atoms with van der Waals surface area (Å²) in [6.07, 6.45) is 7.26. The third kappa shape index (κ3) is 45.1. The summed E-state index contributed by atoms with van der Waals surface area (Å²) in [6, 6.07) is 0. The van der Waals surface area contributed by atoms with Gasteiger partial charge in [-0.3, -0.25) is 0 Å². The van der Waals surface area contributed by atoms with E-state index in [2.05, 4.69) is 13.8 Å². The van der Waals surface area contributed by atoms with Crippen LogP contribution in [0.2, 0.25) is 0 Å². The van der Waals surface area contributed by atoms with Crippen molar-refractivity contribution in [3.63, 3.8) is 0 Å². The summed E-state index contributed by atoms with van der Waals surface area (Å²) >= 11 is 0. The second kappa shape index (κ2) is 22.8. The molecule has 0 amide bonds. The maximum atomic E-state index is 8.12. The molecule has 0 heterocycles. The molecule has 0 aromatic rings. The smallest absolute Gasteiger partial charge is 0.373 e. The average Bonchev–Trinajstić information content (AvgIpc) is 1.91. The van der Waals surface area contributed by atoms with E-state index in [9.17, 15) is 0 Å². The van der Waals surface area contributed by atoms with Crippen molar-refractivity contribution in [3.8, 4) is 0 Å². The average molecular weight is 162 g/mol. The van der Waals surface area contributed by atoms with Gasteiger partial charge >= 0.3 is 6.15 Å². The van der Waals surface area contributed by atoms with Crippen molar-refractivity contribution in [1.82, 2.24) is 0 Å². The highest BCUT2D eigenvalue weighted by atomic mass is 16.2. The fourth-order valence-electron chi connectivity index (χ4n) is 0.677. The summed E-state index contributed by atoms with van der Waals surface area (Å²) < 4.78 is 0. The van der Waals surface area contributed by atoms with Crippen LogP contribution in [-0.4, -0.2) is 11.6 Å². The van der Waals surface area contributed by atoms with Gasteiger partial charge in [0.25, 0.3) is 0 Å². The van der Waals surface area contributed by atoms with Crippen molar-refractivity contribution >= 4 is 6.15 Å². The zero-order valence-electron chi connectivity index (χ0n) is 7.35. The van der Waals surface area contributed by atoms with Gasteiger partial charge in [-0.15, -0.1) is 0 Å². The number of hydrogen-bond acceptors (Lipinski definition) is 2. The fourth-order valence-corrected chi connectivity index (χ4v) is 0.677. The summed E-state index contributed by atoms with van der Waals surface area (Å²) in [5.41, 5.74) is 0. The van der Waals surface area contributed by atoms with Crippen LogP contribution in [0.3, 0.4) is 0 Å². The Morgan fingerprint density at radius 1 is 0.909 bits per heavy atom. The highest BCUT2D eigenvalue weighted by molar-refractivity contribution is 5.20. The van der Waals surface area contributed by atoms with Crippen LogP contribution in [0.25, 0.3) is 0 Å². The molecule has 0 aliphatic carbocycles. The lowest BCUT2D eigenvalue weighted by atomic mass is 10.2. The summed E-state index contributed by atoms with van der Waals surface area (Å²) in [6.45, 7) is 4.49. The Kier molecular flexibility index (Phi) is 34.7. The van der Waals surface area contributed by atoms with E-state index in [1.54, 1.807) is 0 Å². The van der Waals surface area contributed by atoms with Crippen LogP contribution in [0, 0.1) is 0 Å². The van der Waals surface area contributed by atoms with Gasteiger partial charge in [-0.25, -0.2) is 0 Å². The van der Waals surface area contributed by atoms with Gasteiger partial charge in [-0.05, 0) is 0 Å². The lowest BCUT2D eigenvalue weighted by Crippen LogP contribution is -1.70. The van der Waals surface area contributed by atoms with E-state index in [-0.39, 0.29) is 11.6 Å². The van der Waals surface area contributed by atoms with E-state index in [0.717, 1.165) is 0 Å². The van der Waals surface area contributed by atoms with Crippen molar-refractivity contribution in [3.05, 3.63) is 0 Å². The molecule has 0 spiro atoms. The Morgan fingerprint density at radius 2 is 1.18 bits per heavy atom. The maximum absolute atomic E-state index is 8.12. The molecule has 0 radical (unpaired) electrons. The first kappa shape index (κ1) is 16.7. The van der Waals surface area contributed by atoms with Gasteiger partial charge in [-0.1, -0.05) is 46.0 Å². The quantitative estimate of drug-likeness (QED) is 0.589. The molecule has 68 valence electrons. The van der Waals surface area contributed by atoms with Gasteiger partial charge in [0.1, 0.15) is 0 Å². The van der Waals surface area contributed by atoms with Gasteiger partial charge in [0.05, 0.1) is 0 Å². The van der Waals surface area contributed by atoms with E-state index in [4.69, 9.17) is 9.59 Å². The van der Waals surface area contributed by atoms with Crippen LogP contribution in [0.15, 0.2) is 0 Å². The molecule has 0 aliphatic rings. The summed E-state index contributed by atoms with van der Waals surface area (Å²) in [5, 5.41) is 0. The Morgan fingerprint density at radius 3 is 1.36 bits per heavy atom. The van der Waals surface area contributed by atoms with Crippen molar-refractivity contribution < 1.29 is 15.1 Å². The highest BCUT2D eigenvalue weighted by Crippen LogP contribution is 2.00. The lowest BCUT2D eigenvalue weighted by Gasteiger charge is -1.90. The minimum Gasteiger partial charge on any atom is -0.412 e. The maximum Gasteiger partial charge on any atom is 0.373 e. The molecule has 0 aromatic heterocycles. The Bertz CT molecular complexity index is 71.4. The molecular formula is C8H18O3. The first-order chi connectivity index (χ1) is 4.83. The first-order valence-electron chi connectivity index (χ1n) is 3.82. The molecule has 0 unspecified atom stereocenters. The second-order valence-electron chi connectivity index (χ2n) is 2.14. The van der Waals surface area contributed by atoms with Crippen molar-refractivity contribution in [2.75, 3.05) is 0 Å². The van der Waals surface area contributed by atoms with E-state index in [1.807, 2.05) is 0 Å². The van der Waals surface area contributed by atoms with Gasteiger partial charge in [0.2, 0.25) is 0 Å². The van der Waals surface area contributed by atoms with Gasteiger partial charge in [0, 0.05) is 0 Å². The fraction of sp³-hybridized carbons (Fsp3) is 0.875. The third-order valence-corrected chi connectivity index (χ3v) is 1.21. The topological polar surface area (TPSA) is 65.6 Å². The zero-order valence-corrected chi connectivity index (χ0v) is 7.35. The number of carbonyl (C=O) groups excluding carboxylic acids is 2. The minimum absolute atomic E-state index is 0. The normalized spacial score (nSPS) is 6.73. The van der Waals surface area contributed by atoms with Crippen molar-refractivity contribution in [1.29, 1.82) is 0 Å². The zero-order chi connectivity index (χ0) is 8.24. The number of rotatable bonds is 4. The SMILES string of the molecule is CCCCCCC.O.O=C=O. The summed E-state index contributed by atoms with van der Waals surface area (Å²) in [4.78, 5) is 16.2. The summed E-state index contributed by atoms with van der Waals surface area (Å²) in [7, 11) is 0. The Balaban J connectivity index is -0.000000140.